The van der Waals surface area contributed by atoms with Crippen molar-refractivity contribution in [3.8, 4) is 0 Å². The molecule has 4 aliphatic rings. The normalized spacial score (nSPS) is 31.5. The Bertz CT molecular complexity index is 867. The zero-order chi connectivity index (χ0) is 21.4. The molecule has 1 aromatic heterocycles. The topological polar surface area (TPSA) is 81.2 Å². The molecule has 3 aliphatic heterocycles. The Kier molecular flexibility index (Phi) is 5.77. The second-order valence-corrected chi connectivity index (χ2v) is 8.68. The lowest BCUT2D eigenvalue weighted by atomic mass is 9.77. The number of fused-ring (bicyclic) bond motifs is 1. The van der Waals surface area contributed by atoms with Crippen molar-refractivity contribution >= 4 is 11.7 Å². The third-order valence-electron chi connectivity index (χ3n) is 6.99. The number of nitrogens with zero attached hydrogens (tertiary/aromatic N) is 3. The van der Waals surface area contributed by atoms with Gasteiger partial charge < -0.3 is 19.1 Å². The molecule has 31 heavy (non-hydrogen) atoms. The largest absolute Gasteiger partial charge is 0.483 e. The Morgan fingerprint density at radius 1 is 1.19 bits per heavy atom. The minimum Gasteiger partial charge on any atom is -0.483 e. The number of morpholine rings is 1. The second-order valence-electron chi connectivity index (χ2n) is 8.68. The van der Waals surface area contributed by atoms with E-state index in [1.807, 2.05) is 12.1 Å². The predicted molar refractivity (Wildman–Crippen MR) is 111 cm³/mol. The van der Waals surface area contributed by atoms with Crippen LogP contribution in [0, 0.1) is 5.92 Å². The molecule has 0 spiro atoms. The van der Waals surface area contributed by atoms with Crippen LogP contribution in [0.1, 0.15) is 30.9 Å². The van der Waals surface area contributed by atoms with Crippen LogP contribution in [-0.2, 0) is 23.8 Å². The van der Waals surface area contributed by atoms with Gasteiger partial charge in [-0.15, -0.1) is 0 Å². The number of ketones is 1. The molecule has 1 aromatic rings. The van der Waals surface area contributed by atoms with Gasteiger partial charge >= 0.3 is 0 Å². The molecule has 8 heteroatoms. The highest BCUT2D eigenvalue weighted by atomic mass is 16.5. The van der Waals surface area contributed by atoms with Crippen LogP contribution in [0.3, 0.4) is 0 Å². The summed E-state index contributed by atoms with van der Waals surface area (Å²) in [6, 6.07) is 3.34. The van der Waals surface area contributed by atoms with E-state index < -0.39 is 6.04 Å². The highest BCUT2D eigenvalue weighted by Crippen LogP contribution is 2.46. The molecule has 5 rings (SSSR count). The Balaban J connectivity index is 1.44. The van der Waals surface area contributed by atoms with Crippen molar-refractivity contribution in [2.24, 2.45) is 5.92 Å². The number of amides is 1. The molecular weight excluding hydrogens is 398 g/mol. The van der Waals surface area contributed by atoms with Crippen molar-refractivity contribution in [3.05, 3.63) is 41.4 Å². The second kappa shape index (κ2) is 8.68. The summed E-state index contributed by atoms with van der Waals surface area (Å²) in [5.41, 5.74) is 1.36. The smallest absolute Gasteiger partial charge is 0.290 e. The number of pyridine rings is 1. The zero-order valence-corrected chi connectivity index (χ0v) is 17.9. The van der Waals surface area contributed by atoms with Crippen molar-refractivity contribution in [3.63, 3.8) is 0 Å². The van der Waals surface area contributed by atoms with E-state index in [0.29, 0.717) is 31.8 Å². The fourth-order valence-electron chi connectivity index (χ4n) is 5.28. The van der Waals surface area contributed by atoms with Crippen LogP contribution in [-0.4, -0.2) is 85.2 Å². The molecule has 2 fully saturated rings. The number of carbonyl (C=O) groups is 2. The molecular formula is C23H29N3O5. The standard InChI is InChI=1S/C23H29N3O5/c1-29-16-4-5-17-18(13-16)31-22-19(21(17)27)20(15-3-2-6-24-14-15)26(23(22)28)8-7-25-9-11-30-12-10-25/h2-3,6,14,16-18,20H,4-5,7-13H2,1H3. The van der Waals surface area contributed by atoms with E-state index in [1.54, 1.807) is 24.4 Å². The van der Waals surface area contributed by atoms with E-state index in [0.717, 1.165) is 38.0 Å². The first-order valence-electron chi connectivity index (χ1n) is 11.2. The minimum atomic E-state index is -0.439. The molecule has 0 aromatic carbocycles. The van der Waals surface area contributed by atoms with Gasteiger partial charge in [0.1, 0.15) is 6.10 Å². The molecule has 166 valence electrons. The summed E-state index contributed by atoms with van der Waals surface area (Å²) in [5, 5.41) is 0. The van der Waals surface area contributed by atoms with Crippen LogP contribution >= 0.6 is 0 Å². The number of Topliss-reactive ketones (excluding diaryl/α,β-unsaturated/α-hetero) is 1. The van der Waals surface area contributed by atoms with E-state index in [1.165, 1.54) is 0 Å². The van der Waals surface area contributed by atoms with Crippen molar-refractivity contribution in [1.29, 1.82) is 0 Å². The number of ether oxygens (including phenoxy) is 3. The number of aromatic nitrogens is 1. The van der Waals surface area contributed by atoms with Gasteiger partial charge in [-0.2, -0.15) is 0 Å². The SMILES string of the molecule is COC1CCC2C(=O)C3=C(OC2C1)C(=O)N(CCN1CCOCC1)C3c1cccnc1. The van der Waals surface area contributed by atoms with E-state index in [4.69, 9.17) is 14.2 Å². The van der Waals surface area contributed by atoms with Crippen LogP contribution < -0.4 is 0 Å². The molecule has 4 atom stereocenters. The zero-order valence-electron chi connectivity index (χ0n) is 17.9. The van der Waals surface area contributed by atoms with Gasteiger partial charge in [0, 0.05) is 52.1 Å². The molecule has 0 radical (unpaired) electrons. The van der Waals surface area contributed by atoms with Gasteiger partial charge in [-0.05, 0) is 24.5 Å². The van der Waals surface area contributed by atoms with Gasteiger partial charge in [-0.3, -0.25) is 19.5 Å². The Morgan fingerprint density at radius 3 is 2.77 bits per heavy atom. The van der Waals surface area contributed by atoms with Crippen LogP contribution in [0.5, 0.6) is 0 Å². The summed E-state index contributed by atoms with van der Waals surface area (Å²) in [5.74, 6) is -0.115. The molecule has 0 N–H and O–H groups in total. The average Bonchev–Trinajstić information content (AvgIpc) is 3.10. The first-order chi connectivity index (χ1) is 15.2. The van der Waals surface area contributed by atoms with Gasteiger partial charge in [0.25, 0.3) is 5.91 Å². The molecule has 4 unspecified atom stereocenters. The quantitative estimate of drug-likeness (QED) is 0.701. The number of carbonyl (C=O) groups excluding carboxylic acids is 2. The monoisotopic (exact) mass is 427 g/mol. The summed E-state index contributed by atoms with van der Waals surface area (Å²) in [6.07, 6.45) is 5.43. The molecule has 0 bridgehead atoms. The molecule has 4 heterocycles. The lowest BCUT2D eigenvalue weighted by molar-refractivity contribution is -0.138. The van der Waals surface area contributed by atoms with Gasteiger partial charge in [-0.1, -0.05) is 6.07 Å². The first kappa shape index (κ1) is 20.6. The highest BCUT2D eigenvalue weighted by Gasteiger charge is 2.52. The summed E-state index contributed by atoms with van der Waals surface area (Å²) in [6.45, 7) is 4.38. The van der Waals surface area contributed by atoms with Crippen LogP contribution in [0.2, 0.25) is 0 Å². The van der Waals surface area contributed by atoms with Gasteiger partial charge in [0.15, 0.2) is 11.5 Å². The lowest BCUT2D eigenvalue weighted by Gasteiger charge is -2.38. The van der Waals surface area contributed by atoms with Crippen LogP contribution in [0.4, 0.5) is 0 Å². The third kappa shape index (κ3) is 3.77. The van der Waals surface area contributed by atoms with E-state index in [9.17, 15) is 9.59 Å². The number of hydrogen-bond donors (Lipinski definition) is 0. The Hall–Kier alpha value is -2.29. The van der Waals surface area contributed by atoms with E-state index in [-0.39, 0.29) is 35.6 Å². The first-order valence-corrected chi connectivity index (χ1v) is 11.2. The molecule has 1 saturated heterocycles. The lowest BCUT2D eigenvalue weighted by Crippen LogP contribution is -2.43. The van der Waals surface area contributed by atoms with Crippen molar-refractivity contribution in [2.75, 3.05) is 46.5 Å². The van der Waals surface area contributed by atoms with E-state index >= 15 is 0 Å². The fraction of sp³-hybridized carbons (Fsp3) is 0.609. The Labute approximate surface area is 182 Å². The average molecular weight is 428 g/mol. The minimum absolute atomic E-state index is 0.0527. The van der Waals surface area contributed by atoms with Crippen LogP contribution in [0.15, 0.2) is 35.9 Å². The predicted octanol–water partition coefficient (Wildman–Crippen LogP) is 1.33. The summed E-state index contributed by atoms with van der Waals surface area (Å²) < 4.78 is 17.2. The van der Waals surface area contributed by atoms with Crippen molar-refractivity contribution in [2.45, 2.75) is 37.5 Å². The van der Waals surface area contributed by atoms with Crippen molar-refractivity contribution < 1.29 is 23.8 Å². The van der Waals surface area contributed by atoms with Crippen LogP contribution in [0.25, 0.3) is 0 Å². The summed E-state index contributed by atoms with van der Waals surface area (Å²) >= 11 is 0. The van der Waals surface area contributed by atoms with Crippen molar-refractivity contribution in [1.82, 2.24) is 14.8 Å². The van der Waals surface area contributed by atoms with Gasteiger partial charge in [-0.25, -0.2) is 0 Å². The molecule has 1 saturated carbocycles. The number of rotatable bonds is 5. The maximum atomic E-state index is 13.6. The van der Waals surface area contributed by atoms with E-state index in [2.05, 4.69) is 9.88 Å². The summed E-state index contributed by atoms with van der Waals surface area (Å²) in [4.78, 5) is 35.4. The third-order valence-corrected chi connectivity index (χ3v) is 6.99. The highest BCUT2D eigenvalue weighted by molar-refractivity contribution is 6.11. The summed E-state index contributed by atoms with van der Waals surface area (Å²) in [7, 11) is 1.69. The maximum Gasteiger partial charge on any atom is 0.290 e. The maximum absolute atomic E-state index is 13.6. The molecule has 1 aliphatic carbocycles. The number of methoxy groups -OCH3 is 1. The number of hydrogen-bond acceptors (Lipinski definition) is 7. The fourth-order valence-corrected chi connectivity index (χ4v) is 5.28. The molecule has 1 amide bonds. The molecule has 8 nitrogen and oxygen atoms in total. The van der Waals surface area contributed by atoms with Gasteiger partial charge in [0.05, 0.1) is 36.9 Å². The Morgan fingerprint density at radius 2 is 2.03 bits per heavy atom. The van der Waals surface area contributed by atoms with Gasteiger partial charge in [0.2, 0.25) is 0 Å².